The number of carbonyl (C=O) groups excluding carboxylic acids is 1. The maximum absolute atomic E-state index is 12.6. The maximum atomic E-state index is 12.6. The molecule has 0 aliphatic carbocycles. The number of ether oxygens (including phenoxy) is 1. The zero-order valence-electron chi connectivity index (χ0n) is 13.8. The Bertz CT molecular complexity index is 635. The van der Waals surface area contributed by atoms with Gasteiger partial charge in [0.15, 0.2) is 0 Å². The molecule has 1 aromatic carbocycles. The lowest BCUT2D eigenvalue weighted by atomic mass is 10.0. The smallest absolute Gasteiger partial charge is 0.241 e. The van der Waals surface area contributed by atoms with Gasteiger partial charge in [0, 0.05) is 13.1 Å². The van der Waals surface area contributed by atoms with E-state index in [4.69, 9.17) is 4.74 Å². The lowest BCUT2D eigenvalue weighted by Crippen LogP contribution is -2.50. The molecule has 1 atom stereocenters. The number of nitrogens with one attached hydrogen (secondary N) is 1. The van der Waals surface area contributed by atoms with Crippen LogP contribution in [0.4, 0.5) is 0 Å². The van der Waals surface area contributed by atoms with Gasteiger partial charge in [0.05, 0.1) is 12.0 Å². The van der Waals surface area contributed by atoms with E-state index >= 15 is 0 Å². The molecule has 0 radical (unpaired) electrons. The molecule has 0 bridgehead atoms. The second kappa shape index (κ2) is 7.31. The number of hydrogen-bond acceptors (Lipinski definition) is 4. The molecule has 128 valence electrons. The summed E-state index contributed by atoms with van der Waals surface area (Å²) in [5, 5.41) is 0. The number of carbonyl (C=O) groups is 1. The van der Waals surface area contributed by atoms with Gasteiger partial charge < -0.3 is 9.64 Å². The molecule has 1 amide bonds. The van der Waals surface area contributed by atoms with Gasteiger partial charge in [0.25, 0.3) is 0 Å². The lowest BCUT2D eigenvalue weighted by Gasteiger charge is -2.26. The minimum absolute atomic E-state index is 0.123. The molecule has 1 aromatic rings. The molecule has 1 aliphatic heterocycles. The SMILES string of the molecule is COc1ccc(S(=O)(=O)N[C@@H](C(=O)N2CCCC2)C(C)C)cc1. The summed E-state index contributed by atoms with van der Waals surface area (Å²) in [5.41, 5.74) is 0. The van der Waals surface area contributed by atoms with E-state index in [1.165, 1.54) is 19.2 Å². The topological polar surface area (TPSA) is 75.7 Å². The van der Waals surface area contributed by atoms with Crippen molar-refractivity contribution in [1.29, 1.82) is 0 Å². The van der Waals surface area contributed by atoms with E-state index < -0.39 is 16.1 Å². The van der Waals surface area contributed by atoms with E-state index in [0.29, 0.717) is 18.8 Å². The first kappa shape index (κ1) is 17.7. The van der Waals surface area contributed by atoms with Crippen LogP contribution in [0.3, 0.4) is 0 Å². The minimum atomic E-state index is -3.76. The second-order valence-corrected chi connectivity index (χ2v) is 7.76. The lowest BCUT2D eigenvalue weighted by molar-refractivity contribution is -0.132. The van der Waals surface area contributed by atoms with Gasteiger partial charge in [-0.1, -0.05) is 13.8 Å². The second-order valence-electron chi connectivity index (χ2n) is 6.05. The summed E-state index contributed by atoms with van der Waals surface area (Å²) in [6.07, 6.45) is 1.95. The third-order valence-corrected chi connectivity index (χ3v) is 5.46. The first-order valence-electron chi connectivity index (χ1n) is 7.80. The monoisotopic (exact) mass is 340 g/mol. The molecular formula is C16H24N2O4S. The average molecular weight is 340 g/mol. The quantitative estimate of drug-likeness (QED) is 0.854. The summed E-state index contributed by atoms with van der Waals surface area (Å²) in [6, 6.07) is 5.36. The molecule has 0 unspecified atom stereocenters. The van der Waals surface area contributed by atoms with Crippen molar-refractivity contribution in [3.05, 3.63) is 24.3 Å². The molecule has 0 saturated carbocycles. The van der Waals surface area contributed by atoms with Crippen molar-refractivity contribution in [3.8, 4) is 5.75 Å². The van der Waals surface area contributed by atoms with Crippen LogP contribution in [0.2, 0.25) is 0 Å². The highest BCUT2D eigenvalue weighted by Gasteiger charge is 2.32. The predicted octanol–water partition coefficient (Wildman–Crippen LogP) is 1.62. The number of hydrogen-bond donors (Lipinski definition) is 1. The summed E-state index contributed by atoms with van der Waals surface area (Å²) in [4.78, 5) is 14.4. The maximum Gasteiger partial charge on any atom is 0.241 e. The third kappa shape index (κ3) is 4.23. The standard InChI is InChI=1S/C16H24N2O4S/c1-12(2)15(16(19)18-10-4-5-11-18)17-23(20,21)14-8-6-13(22-3)7-9-14/h6-9,12,15,17H,4-5,10-11H2,1-3H3/t15-/m1/s1. The minimum Gasteiger partial charge on any atom is -0.497 e. The predicted molar refractivity (Wildman–Crippen MR) is 87.8 cm³/mol. The van der Waals surface area contributed by atoms with Crippen LogP contribution in [0, 0.1) is 5.92 Å². The van der Waals surface area contributed by atoms with Crippen molar-refractivity contribution in [2.75, 3.05) is 20.2 Å². The van der Waals surface area contributed by atoms with Crippen molar-refractivity contribution in [2.24, 2.45) is 5.92 Å². The molecule has 0 spiro atoms. The normalized spacial score (nSPS) is 16.6. The van der Waals surface area contributed by atoms with Crippen molar-refractivity contribution < 1.29 is 17.9 Å². The highest BCUT2D eigenvalue weighted by molar-refractivity contribution is 7.89. The molecule has 1 heterocycles. The highest BCUT2D eigenvalue weighted by atomic mass is 32.2. The Labute approximate surface area is 137 Å². The molecule has 6 nitrogen and oxygen atoms in total. The number of methoxy groups -OCH3 is 1. The van der Waals surface area contributed by atoms with Gasteiger partial charge >= 0.3 is 0 Å². The molecule has 2 rings (SSSR count). The van der Waals surface area contributed by atoms with E-state index in [0.717, 1.165) is 12.8 Å². The highest BCUT2D eigenvalue weighted by Crippen LogP contribution is 2.18. The van der Waals surface area contributed by atoms with E-state index in [2.05, 4.69) is 4.72 Å². The first-order valence-corrected chi connectivity index (χ1v) is 9.28. The number of nitrogens with zero attached hydrogens (tertiary/aromatic N) is 1. The molecule has 1 saturated heterocycles. The number of rotatable bonds is 6. The van der Waals surface area contributed by atoms with Crippen LogP contribution in [0.5, 0.6) is 5.75 Å². The molecule has 0 aromatic heterocycles. The van der Waals surface area contributed by atoms with Gasteiger partial charge in [-0.2, -0.15) is 4.72 Å². The first-order chi connectivity index (χ1) is 10.8. The Morgan fingerprint density at radius 3 is 2.22 bits per heavy atom. The summed E-state index contributed by atoms with van der Waals surface area (Å²) in [5.74, 6) is 0.309. The summed E-state index contributed by atoms with van der Waals surface area (Å²) in [7, 11) is -2.24. The molecule has 1 fully saturated rings. The Hall–Kier alpha value is -1.60. The van der Waals surface area contributed by atoms with Gasteiger partial charge in [-0.25, -0.2) is 8.42 Å². The zero-order chi connectivity index (χ0) is 17.0. The average Bonchev–Trinajstić information content (AvgIpc) is 3.06. The zero-order valence-corrected chi connectivity index (χ0v) is 14.6. The van der Waals surface area contributed by atoms with Gasteiger partial charge in [-0.3, -0.25) is 4.79 Å². The third-order valence-electron chi connectivity index (χ3n) is 4.00. The fourth-order valence-corrected chi connectivity index (χ4v) is 3.93. The summed E-state index contributed by atoms with van der Waals surface area (Å²) >= 11 is 0. The molecule has 1 aliphatic rings. The summed E-state index contributed by atoms with van der Waals surface area (Å²) in [6.45, 7) is 5.09. The Kier molecular flexibility index (Phi) is 5.64. The molecular weight excluding hydrogens is 316 g/mol. The van der Waals surface area contributed by atoms with Gasteiger partial charge in [-0.05, 0) is 43.0 Å². The van der Waals surface area contributed by atoms with Gasteiger partial charge in [0.1, 0.15) is 11.8 Å². The number of benzene rings is 1. The van der Waals surface area contributed by atoms with E-state index in [-0.39, 0.29) is 16.7 Å². The fraction of sp³-hybridized carbons (Fsp3) is 0.562. The number of likely N-dealkylation sites (tertiary alicyclic amines) is 1. The van der Waals surface area contributed by atoms with Crippen molar-refractivity contribution in [3.63, 3.8) is 0 Å². The fourth-order valence-electron chi connectivity index (χ4n) is 2.60. The summed E-state index contributed by atoms with van der Waals surface area (Å²) < 4.78 is 32.7. The Morgan fingerprint density at radius 1 is 1.17 bits per heavy atom. The van der Waals surface area contributed by atoms with E-state index in [1.807, 2.05) is 13.8 Å². The van der Waals surface area contributed by atoms with Crippen LogP contribution in [-0.4, -0.2) is 45.5 Å². The number of amides is 1. The van der Waals surface area contributed by atoms with Crippen molar-refractivity contribution in [2.45, 2.75) is 37.6 Å². The van der Waals surface area contributed by atoms with Gasteiger partial charge in [0.2, 0.25) is 15.9 Å². The van der Waals surface area contributed by atoms with Crippen molar-refractivity contribution in [1.82, 2.24) is 9.62 Å². The van der Waals surface area contributed by atoms with Crippen molar-refractivity contribution >= 4 is 15.9 Å². The molecule has 7 heteroatoms. The van der Waals surface area contributed by atoms with Gasteiger partial charge in [-0.15, -0.1) is 0 Å². The van der Waals surface area contributed by atoms with Crippen LogP contribution < -0.4 is 9.46 Å². The largest absolute Gasteiger partial charge is 0.497 e. The van der Waals surface area contributed by atoms with Crippen LogP contribution in [0.1, 0.15) is 26.7 Å². The van der Waals surface area contributed by atoms with Crippen LogP contribution in [0.25, 0.3) is 0 Å². The Morgan fingerprint density at radius 2 is 1.74 bits per heavy atom. The van der Waals surface area contributed by atoms with Crippen LogP contribution in [-0.2, 0) is 14.8 Å². The number of sulfonamides is 1. The van der Waals surface area contributed by atoms with Crippen LogP contribution in [0.15, 0.2) is 29.2 Å². The van der Waals surface area contributed by atoms with E-state index in [9.17, 15) is 13.2 Å². The van der Waals surface area contributed by atoms with Crippen LogP contribution >= 0.6 is 0 Å². The van der Waals surface area contributed by atoms with E-state index in [1.54, 1.807) is 17.0 Å². The molecule has 23 heavy (non-hydrogen) atoms. The Balaban J connectivity index is 2.18. The molecule has 1 N–H and O–H groups in total.